The Hall–Kier alpha value is -1.35. The van der Waals surface area contributed by atoms with Crippen LogP contribution in [0.15, 0.2) is 18.2 Å². The van der Waals surface area contributed by atoms with Gasteiger partial charge in [-0.15, -0.1) is 0 Å². The van der Waals surface area contributed by atoms with Crippen LogP contribution in [0.3, 0.4) is 0 Å². The van der Waals surface area contributed by atoms with Gasteiger partial charge in [-0.05, 0) is 30.5 Å². The van der Waals surface area contributed by atoms with Gasteiger partial charge in [-0.3, -0.25) is 5.41 Å². The Morgan fingerprint density at radius 3 is 2.59 bits per heavy atom. The molecule has 3 nitrogen and oxygen atoms in total. The van der Waals surface area contributed by atoms with Gasteiger partial charge in [0.2, 0.25) is 0 Å². The highest BCUT2D eigenvalue weighted by Crippen LogP contribution is 2.12. The van der Waals surface area contributed by atoms with Gasteiger partial charge in [-0.25, -0.2) is 0 Å². The molecule has 1 saturated heterocycles. The van der Waals surface area contributed by atoms with E-state index in [-0.39, 0.29) is 0 Å². The first-order chi connectivity index (χ1) is 8.16. The van der Waals surface area contributed by atoms with Crippen LogP contribution in [0.4, 0.5) is 0 Å². The highest BCUT2D eigenvalue weighted by atomic mass is 16.5. The molecule has 1 heterocycles. The summed E-state index contributed by atoms with van der Waals surface area (Å²) in [5.41, 5.74) is 3.84. The quantitative estimate of drug-likeness (QED) is 0.626. The number of hydrogen-bond acceptors (Lipinski definition) is 2. The van der Waals surface area contributed by atoms with Gasteiger partial charge in [-0.1, -0.05) is 18.2 Å². The number of rotatable bonds is 2. The molecule has 1 aliphatic heterocycles. The molecule has 17 heavy (non-hydrogen) atoms. The van der Waals surface area contributed by atoms with Crippen LogP contribution in [0.1, 0.15) is 16.7 Å². The van der Waals surface area contributed by atoms with Gasteiger partial charge in [0.05, 0.1) is 13.2 Å². The first-order valence-corrected chi connectivity index (χ1v) is 6.13. The molecular formula is C14H20N2O. The number of nitrogens with zero attached hydrogens (tertiary/aromatic N) is 1. The van der Waals surface area contributed by atoms with Crippen LogP contribution in [0, 0.1) is 19.3 Å². The summed E-state index contributed by atoms with van der Waals surface area (Å²) in [6.45, 7) is 7.43. The van der Waals surface area contributed by atoms with Crippen LogP contribution in [0.2, 0.25) is 0 Å². The molecule has 2 rings (SSSR count). The fourth-order valence-electron chi connectivity index (χ4n) is 2.05. The topological polar surface area (TPSA) is 36.3 Å². The summed E-state index contributed by atoms with van der Waals surface area (Å²) >= 11 is 0. The number of hydrogen-bond donors (Lipinski definition) is 1. The lowest BCUT2D eigenvalue weighted by Crippen LogP contribution is -2.41. The van der Waals surface area contributed by atoms with Gasteiger partial charge in [0.1, 0.15) is 5.84 Å². The van der Waals surface area contributed by atoms with Gasteiger partial charge >= 0.3 is 0 Å². The second kappa shape index (κ2) is 5.32. The van der Waals surface area contributed by atoms with Gasteiger partial charge in [0.15, 0.2) is 0 Å². The van der Waals surface area contributed by atoms with E-state index in [1.54, 1.807) is 0 Å². The average molecular weight is 232 g/mol. The second-order valence-electron chi connectivity index (χ2n) is 4.64. The van der Waals surface area contributed by atoms with E-state index in [0.29, 0.717) is 5.84 Å². The summed E-state index contributed by atoms with van der Waals surface area (Å²) in [7, 11) is 0. The lowest BCUT2D eigenvalue weighted by molar-refractivity contribution is 0.0670. The summed E-state index contributed by atoms with van der Waals surface area (Å²) in [6.07, 6.45) is 0.723. The van der Waals surface area contributed by atoms with Crippen molar-refractivity contribution < 1.29 is 4.74 Å². The first-order valence-electron chi connectivity index (χ1n) is 6.13. The zero-order chi connectivity index (χ0) is 12.3. The van der Waals surface area contributed by atoms with Crippen molar-refractivity contribution in [3.8, 4) is 0 Å². The van der Waals surface area contributed by atoms with E-state index in [9.17, 15) is 0 Å². The van der Waals surface area contributed by atoms with E-state index in [1.165, 1.54) is 16.7 Å². The Morgan fingerprint density at radius 2 is 1.94 bits per heavy atom. The van der Waals surface area contributed by atoms with E-state index in [0.717, 1.165) is 32.7 Å². The zero-order valence-corrected chi connectivity index (χ0v) is 10.6. The third-order valence-corrected chi connectivity index (χ3v) is 3.34. The largest absolute Gasteiger partial charge is 0.378 e. The molecule has 0 atom stereocenters. The molecule has 1 aromatic rings. The zero-order valence-electron chi connectivity index (χ0n) is 10.6. The predicted molar refractivity (Wildman–Crippen MR) is 69.7 cm³/mol. The van der Waals surface area contributed by atoms with E-state index in [1.807, 2.05) is 0 Å². The normalized spacial score (nSPS) is 16.0. The number of morpholine rings is 1. The maximum atomic E-state index is 8.12. The van der Waals surface area contributed by atoms with Gasteiger partial charge in [0.25, 0.3) is 0 Å². The number of amidine groups is 1. The van der Waals surface area contributed by atoms with Crippen molar-refractivity contribution in [2.45, 2.75) is 20.3 Å². The monoisotopic (exact) mass is 232 g/mol. The molecule has 0 aromatic heterocycles. The maximum Gasteiger partial charge on any atom is 0.100 e. The van der Waals surface area contributed by atoms with Crippen LogP contribution < -0.4 is 0 Å². The molecule has 1 fully saturated rings. The predicted octanol–water partition coefficient (Wildman–Crippen LogP) is 2.16. The smallest absolute Gasteiger partial charge is 0.100 e. The van der Waals surface area contributed by atoms with Crippen molar-refractivity contribution >= 4 is 5.84 Å². The third-order valence-electron chi connectivity index (χ3n) is 3.34. The van der Waals surface area contributed by atoms with Crippen LogP contribution in [0.5, 0.6) is 0 Å². The van der Waals surface area contributed by atoms with Crippen molar-refractivity contribution in [2.75, 3.05) is 26.3 Å². The number of benzene rings is 1. The van der Waals surface area contributed by atoms with Crippen LogP contribution in [-0.4, -0.2) is 37.0 Å². The lowest BCUT2D eigenvalue weighted by atomic mass is 10.0. The highest BCUT2D eigenvalue weighted by Gasteiger charge is 2.13. The fraction of sp³-hybridized carbons (Fsp3) is 0.500. The van der Waals surface area contributed by atoms with Gasteiger partial charge in [-0.2, -0.15) is 0 Å². The molecule has 0 unspecified atom stereocenters. The lowest BCUT2D eigenvalue weighted by Gasteiger charge is -2.29. The summed E-state index contributed by atoms with van der Waals surface area (Å²) in [5, 5.41) is 8.12. The molecule has 92 valence electrons. The van der Waals surface area contributed by atoms with E-state index >= 15 is 0 Å². The van der Waals surface area contributed by atoms with Crippen molar-refractivity contribution in [3.63, 3.8) is 0 Å². The average Bonchev–Trinajstić information content (AvgIpc) is 2.35. The highest BCUT2D eigenvalue weighted by molar-refractivity contribution is 5.81. The minimum atomic E-state index is 0.705. The van der Waals surface area contributed by atoms with E-state index in [2.05, 4.69) is 36.9 Å². The molecular weight excluding hydrogens is 212 g/mol. The van der Waals surface area contributed by atoms with Crippen molar-refractivity contribution in [1.29, 1.82) is 5.41 Å². The summed E-state index contributed by atoms with van der Waals surface area (Å²) < 4.78 is 5.30. The van der Waals surface area contributed by atoms with Crippen molar-refractivity contribution in [3.05, 3.63) is 34.9 Å². The minimum Gasteiger partial charge on any atom is -0.378 e. The molecule has 0 aliphatic carbocycles. The second-order valence-corrected chi connectivity index (χ2v) is 4.64. The van der Waals surface area contributed by atoms with Crippen LogP contribution in [-0.2, 0) is 11.2 Å². The number of ether oxygens (including phenoxy) is 1. The SMILES string of the molecule is Cc1ccc(CC(=N)N2CCOCC2)cc1C. The summed E-state index contributed by atoms with van der Waals surface area (Å²) in [6, 6.07) is 6.44. The molecule has 1 N–H and O–H groups in total. The molecule has 0 spiro atoms. The fourth-order valence-corrected chi connectivity index (χ4v) is 2.05. The molecule has 1 aliphatic rings. The number of aryl methyl sites for hydroxylation is 2. The van der Waals surface area contributed by atoms with Gasteiger partial charge in [0, 0.05) is 19.5 Å². The Balaban J connectivity index is 1.99. The number of nitrogens with one attached hydrogen (secondary N) is 1. The Kier molecular flexibility index (Phi) is 3.79. The molecule has 0 amide bonds. The van der Waals surface area contributed by atoms with Gasteiger partial charge < -0.3 is 9.64 Å². The van der Waals surface area contributed by atoms with E-state index < -0.39 is 0 Å². The standard InChI is InChI=1S/C14H20N2O/c1-11-3-4-13(9-12(11)2)10-14(15)16-5-7-17-8-6-16/h3-4,9,15H,5-8,10H2,1-2H3. The Labute approximate surface area is 103 Å². The molecule has 1 aromatic carbocycles. The summed E-state index contributed by atoms with van der Waals surface area (Å²) in [5.74, 6) is 0.705. The minimum absolute atomic E-state index is 0.705. The third kappa shape index (κ3) is 3.07. The van der Waals surface area contributed by atoms with Crippen LogP contribution in [0.25, 0.3) is 0 Å². The molecule has 0 saturated carbocycles. The van der Waals surface area contributed by atoms with Crippen molar-refractivity contribution in [1.82, 2.24) is 4.90 Å². The first kappa shape index (κ1) is 12.1. The van der Waals surface area contributed by atoms with E-state index in [4.69, 9.17) is 10.1 Å². The molecule has 0 bridgehead atoms. The summed E-state index contributed by atoms with van der Waals surface area (Å²) in [4.78, 5) is 2.11. The molecule has 3 heteroatoms. The molecule has 0 radical (unpaired) electrons. The Bertz CT molecular complexity index is 409. The Morgan fingerprint density at radius 1 is 1.24 bits per heavy atom. The maximum absolute atomic E-state index is 8.12. The van der Waals surface area contributed by atoms with Crippen molar-refractivity contribution in [2.24, 2.45) is 0 Å². The van der Waals surface area contributed by atoms with Crippen LogP contribution >= 0.6 is 0 Å².